The molecule has 0 saturated heterocycles. The minimum absolute atomic E-state index is 0.164. The Bertz CT molecular complexity index is 684. The van der Waals surface area contributed by atoms with E-state index in [0.717, 1.165) is 18.2 Å². The number of nitrogens with one attached hydrogen (secondary N) is 1. The second-order valence-corrected chi connectivity index (χ2v) is 8.16. The molecule has 20 heavy (non-hydrogen) atoms. The molecular weight excluding hydrogens is 307 g/mol. The number of sulfonamides is 2. The van der Waals surface area contributed by atoms with E-state index < -0.39 is 30.8 Å². The fourth-order valence-corrected chi connectivity index (χ4v) is 3.57. The van der Waals surface area contributed by atoms with Crippen molar-refractivity contribution in [1.82, 2.24) is 0 Å². The Kier molecular flexibility index (Phi) is 5.11. The van der Waals surface area contributed by atoms with Crippen LogP contribution in [0.2, 0.25) is 0 Å². The van der Waals surface area contributed by atoms with Crippen LogP contribution in [0.5, 0.6) is 0 Å². The lowest BCUT2D eigenvalue weighted by atomic mass is 10.2. The number of halogens is 1. The zero-order chi connectivity index (χ0) is 15.6. The third-order valence-electron chi connectivity index (χ3n) is 2.48. The second-order valence-electron chi connectivity index (χ2n) is 4.79. The summed E-state index contributed by atoms with van der Waals surface area (Å²) in [6.07, 6.45) is 0.398. The van der Waals surface area contributed by atoms with Crippen molar-refractivity contribution in [3.63, 3.8) is 0 Å². The Morgan fingerprint density at radius 2 is 1.85 bits per heavy atom. The highest BCUT2D eigenvalue weighted by Crippen LogP contribution is 2.22. The molecule has 0 atom stereocenters. The molecule has 0 unspecified atom stereocenters. The molecule has 0 amide bonds. The van der Waals surface area contributed by atoms with Crippen molar-refractivity contribution in [3.8, 4) is 0 Å². The van der Waals surface area contributed by atoms with Crippen LogP contribution in [0.1, 0.15) is 20.3 Å². The molecule has 0 spiro atoms. The maximum absolute atomic E-state index is 13.2. The number of benzene rings is 1. The number of nitrogens with two attached hydrogens (primary N) is 1. The van der Waals surface area contributed by atoms with Crippen LogP contribution >= 0.6 is 0 Å². The van der Waals surface area contributed by atoms with Crippen LogP contribution in [0, 0.1) is 11.7 Å². The molecule has 0 radical (unpaired) electrons. The molecule has 1 rings (SSSR count). The lowest BCUT2D eigenvalue weighted by Crippen LogP contribution is -2.21. The van der Waals surface area contributed by atoms with Gasteiger partial charge in [0.05, 0.1) is 11.4 Å². The number of anilines is 1. The molecule has 6 nitrogen and oxygen atoms in total. The summed E-state index contributed by atoms with van der Waals surface area (Å²) in [5.74, 6) is -0.790. The zero-order valence-corrected chi connectivity index (χ0v) is 12.8. The van der Waals surface area contributed by atoms with Crippen molar-refractivity contribution in [3.05, 3.63) is 24.0 Å². The third-order valence-corrected chi connectivity index (χ3v) is 4.75. The van der Waals surface area contributed by atoms with Gasteiger partial charge in [-0.1, -0.05) is 13.8 Å². The molecule has 9 heteroatoms. The number of hydrogen-bond donors (Lipinski definition) is 2. The molecule has 1 aromatic rings. The van der Waals surface area contributed by atoms with Crippen LogP contribution < -0.4 is 9.86 Å². The molecule has 3 N–H and O–H groups in total. The highest BCUT2D eigenvalue weighted by Gasteiger charge is 2.19. The Morgan fingerprint density at radius 3 is 2.35 bits per heavy atom. The van der Waals surface area contributed by atoms with Gasteiger partial charge in [0.25, 0.3) is 0 Å². The van der Waals surface area contributed by atoms with Gasteiger partial charge in [-0.05, 0) is 30.5 Å². The van der Waals surface area contributed by atoms with E-state index >= 15 is 0 Å². The molecule has 0 aliphatic carbocycles. The van der Waals surface area contributed by atoms with Crippen molar-refractivity contribution in [1.29, 1.82) is 0 Å². The Balaban J connectivity index is 3.11. The average Bonchev–Trinajstić information content (AvgIpc) is 2.24. The molecule has 0 bridgehead atoms. The first kappa shape index (κ1) is 16.9. The smallest absolute Gasteiger partial charge is 0.240 e. The number of primary sulfonamides is 1. The molecule has 0 aromatic heterocycles. The first-order valence-electron chi connectivity index (χ1n) is 5.84. The molecule has 0 aliphatic rings. The van der Waals surface area contributed by atoms with Gasteiger partial charge in [0.2, 0.25) is 20.0 Å². The predicted molar refractivity (Wildman–Crippen MR) is 74.6 cm³/mol. The van der Waals surface area contributed by atoms with Gasteiger partial charge in [0.15, 0.2) is 0 Å². The highest BCUT2D eigenvalue weighted by molar-refractivity contribution is 7.93. The fraction of sp³-hybridized carbons (Fsp3) is 0.455. The van der Waals surface area contributed by atoms with Crippen LogP contribution in [-0.4, -0.2) is 22.6 Å². The van der Waals surface area contributed by atoms with Crippen molar-refractivity contribution >= 4 is 25.7 Å². The van der Waals surface area contributed by atoms with Crippen LogP contribution in [0.4, 0.5) is 10.1 Å². The van der Waals surface area contributed by atoms with Crippen molar-refractivity contribution < 1.29 is 21.2 Å². The summed E-state index contributed by atoms with van der Waals surface area (Å²) in [5, 5.41) is 4.96. The van der Waals surface area contributed by atoms with E-state index in [0.29, 0.717) is 6.42 Å². The van der Waals surface area contributed by atoms with Gasteiger partial charge in [0.1, 0.15) is 10.7 Å². The zero-order valence-electron chi connectivity index (χ0n) is 11.1. The van der Waals surface area contributed by atoms with Crippen LogP contribution in [0.15, 0.2) is 23.1 Å². The van der Waals surface area contributed by atoms with Gasteiger partial charge in [-0.2, -0.15) is 0 Å². The molecule has 1 aromatic carbocycles. The molecule has 0 aliphatic heterocycles. The summed E-state index contributed by atoms with van der Waals surface area (Å²) in [5.41, 5.74) is -0.378. The number of rotatable bonds is 6. The highest BCUT2D eigenvalue weighted by atomic mass is 32.2. The average molecular weight is 324 g/mol. The van der Waals surface area contributed by atoms with Gasteiger partial charge < -0.3 is 0 Å². The summed E-state index contributed by atoms with van der Waals surface area (Å²) < 4.78 is 61.5. The first-order valence-corrected chi connectivity index (χ1v) is 9.04. The first-order chi connectivity index (χ1) is 9.01. The summed E-state index contributed by atoms with van der Waals surface area (Å²) >= 11 is 0. The van der Waals surface area contributed by atoms with Gasteiger partial charge in [-0.25, -0.2) is 26.4 Å². The van der Waals surface area contributed by atoms with Gasteiger partial charge in [-0.3, -0.25) is 4.72 Å². The Morgan fingerprint density at radius 1 is 1.25 bits per heavy atom. The summed E-state index contributed by atoms with van der Waals surface area (Å²) in [4.78, 5) is -0.466. The lowest BCUT2D eigenvalue weighted by Gasteiger charge is -2.12. The van der Waals surface area contributed by atoms with Crippen LogP contribution in [0.3, 0.4) is 0 Å². The minimum atomic E-state index is -4.15. The van der Waals surface area contributed by atoms with E-state index in [2.05, 4.69) is 4.72 Å². The molecule has 0 heterocycles. The van der Waals surface area contributed by atoms with Crippen LogP contribution in [0.25, 0.3) is 0 Å². The maximum Gasteiger partial charge on any atom is 0.240 e. The van der Waals surface area contributed by atoms with Crippen LogP contribution in [-0.2, 0) is 20.0 Å². The van der Waals surface area contributed by atoms with Gasteiger partial charge in [-0.15, -0.1) is 0 Å². The van der Waals surface area contributed by atoms with E-state index in [1.54, 1.807) is 0 Å². The molecule has 114 valence electrons. The van der Waals surface area contributed by atoms with E-state index in [1.165, 1.54) is 0 Å². The predicted octanol–water partition coefficient (Wildman–Crippen LogP) is 1.26. The van der Waals surface area contributed by atoms with E-state index in [-0.39, 0.29) is 17.4 Å². The topological polar surface area (TPSA) is 106 Å². The molecule has 0 fully saturated rings. The maximum atomic E-state index is 13.2. The van der Waals surface area contributed by atoms with Crippen molar-refractivity contribution in [2.75, 3.05) is 10.5 Å². The summed E-state index contributed by atoms with van der Waals surface area (Å²) in [6.45, 7) is 3.71. The third kappa shape index (κ3) is 5.06. The summed E-state index contributed by atoms with van der Waals surface area (Å²) in [7, 11) is -7.91. The molecular formula is C11H17FN2O4S2. The second kappa shape index (κ2) is 6.06. The SMILES string of the molecule is CC(C)CCS(=O)(=O)Nc1cc(F)ccc1S(N)(=O)=O. The quantitative estimate of drug-likeness (QED) is 0.821. The van der Waals surface area contributed by atoms with E-state index in [1.807, 2.05) is 13.8 Å². The molecule has 0 saturated carbocycles. The van der Waals surface area contributed by atoms with Crippen molar-refractivity contribution in [2.45, 2.75) is 25.2 Å². The monoisotopic (exact) mass is 324 g/mol. The fourth-order valence-electron chi connectivity index (χ4n) is 1.44. The van der Waals surface area contributed by atoms with Gasteiger partial charge >= 0.3 is 0 Å². The van der Waals surface area contributed by atoms with E-state index in [9.17, 15) is 21.2 Å². The van der Waals surface area contributed by atoms with Gasteiger partial charge in [0, 0.05) is 0 Å². The van der Waals surface area contributed by atoms with E-state index in [4.69, 9.17) is 5.14 Å². The Hall–Kier alpha value is -1.19. The minimum Gasteiger partial charge on any atom is -0.282 e. The summed E-state index contributed by atoms with van der Waals surface area (Å²) in [6, 6.07) is 2.60. The standard InChI is InChI=1S/C11H17FN2O4S2/c1-8(2)5-6-19(15,16)14-10-7-9(12)3-4-11(10)20(13,17)18/h3-4,7-8,14H,5-6H2,1-2H3,(H2,13,17,18). The largest absolute Gasteiger partial charge is 0.282 e. The number of hydrogen-bond acceptors (Lipinski definition) is 4. The Labute approximate surface area is 118 Å². The van der Waals surface area contributed by atoms with Crippen molar-refractivity contribution in [2.24, 2.45) is 11.1 Å². The normalized spacial score (nSPS) is 12.7. The lowest BCUT2D eigenvalue weighted by molar-refractivity contribution is 0.577.